The fourth-order valence-electron chi connectivity index (χ4n) is 3.44. The number of aromatic nitrogens is 3. The van der Waals surface area contributed by atoms with Crippen LogP contribution in [0.2, 0.25) is 0 Å². The zero-order valence-corrected chi connectivity index (χ0v) is 16.6. The molecule has 0 aromatic carbocycles. The minimum atomic E-state index is -0.529. The van der Waals surface area contributed by atoms with Crippen molar-refractivity contribution in [2.45, 2.75) is 25.8 Å². The molecule has 30 heavy (non-hydrogen) atoms. The lowest BCUT2D eigenvalue weighted by atomic mass is 9.93. The average Bonchev–Trinajstić information content (AvgIpc) is 3.08. The molecule has 7 nitrogen and oxygen atoms in total. The molecule has 0 amide bonds. The zero-order chi connectivity index (χ0) is 21.1. The van der Waals surface area contributed by atoms with E-state index in [0.717, 1.165) is 5.56 Å². The Morgan fingerprint density at radius 3 is 2.83 bits per heavy atom. The maximum Gasteiger partial charge on any atom is 0.341 e. The molecular formula is C22H22FN3O4. The molecule has 0 N–H and O–H groups in total. The first kappa shape index (κ1) is 20.2. The summed E-state index contributed by atoms with van der Waals surface area (Å²) < 4.78 is 25.5. The van der Waals surface area contributed by atoms with Crippen LogP contribution in [0.25, 0.3) is 0 Å². The molecule has 1 saturated heterocycles. The quantitative estimate of drug-likeness (QED) is 0.652. The second-order valence-corrected chi connectivity index (χ2v) is 7.34. The van der Waals surface area contributed by atoms with Crippen LogP contribution >= 0.6 is 0 Å². The van der Waals surface area contributed by atoms with E-state index in [1.807, 2.05) is 12.1 Å². The van der Waals surface area contributed by atoms with Crippen LogP contribution in [0.15, 0.2) is 48.6 Å². The Kier molecular flexibility index (Phi) is 5.85. The van der Waals surface area contributed by atoms with Crippen molar-refractivity contribution in [2.75, 3.05) is 19.8 Å². The van der Waals surface area contributed by atoms with Gasteiger partial charge in [-0.25, -0.2) is 9.18 Å². The molecule has 0 saturated carbocycles. The molecule has 2 aromatic heterocycles. The van der Waals surface area contributed by atoms with Crippen molar-refractivity contribution >= 4 is 11.8 Å². The molecular weight excluding hydrogens is 389 g/mol. The van der Waals surface area contributed by atoms with E-state index >= 15 is 0 Å². The summed E-state index contributed by atoms with van der Waals surface area (Å²) >= 11 is 0. The van der Waals surface area contributed by atoms with Gasteiger partial charge in [-0.15, -0.1) is 0 Å². The van der Waals surface area contributed by atoms with Gasteiger partial charge in [0.05, 0.1) is 38.0 Å². The van der Waals surface area contributed by atoms with Crippen molar-refractivity contribution in [2.24, 2.45) is 5.92 Å². The Morgan fingerprint density at radius 2 is 2.17 bits per heavy atom. The van der Waals surface area contributed by atoms with Gasteiger partial charge in [-0.3, -0.25) is 14.5 Å². The molecule has 156 valence electrons. The predicted molar refractivity (Wildman–Crippen MR) is 106 cm³/mol. The van der Waals surface area contributed by atoms with Crippen LogP contribution in [0, 0.1) is 5.92 Å². The highest BCUT2D eigenvalue weighted by Gasteiger charge is 2.29. The second-order valence-electron chi connectivity index (χ2n) is 7.34. The van der Waals surface area contributed by atoms with Crippen molar-refractivity contribution in [3.63, 3.8) is 0 Å². The molecule has 4 rings (SSSR count). The molecule has 1 fully saturated rings. The van der Waals surface area contributed by atoms with E-state index < -0.39 is 11.7 Å². The predicted octanol–water partition coefficient (Wildman–Crippen LogP) is 2.77. The summed E-state index contributed by atoms with van der Waals surface area (Å²) in [6.45, 7) is 3.60. The number of ketones is 1. The number of carbonyl (C=O) groups is 2. The topological polar surface area (TPSA) is 83.3 Å². The fraction of sp³-hybridized carbons (Fsp3) is 0.364. The second kappa shape index (κ2) is 8.71. The van der Waals surface area contributed by atoms with Gasteiger partial charge in [-0.2, -0.15) is 5.10 Å². The third-order valence-electron chi connectivity index (χ3n) is 5.10. The van der Waals surface area contributed by atoms with E-state index in [-0.39, 0.29) is 17.7 Å². The third kappa shape index (κ3) is 4.38. The van der Waals surface area contributed by atoms with Crippen molar-refractivity contribution in [1.29, 1.82) is 0 Å². The van der Waals surface area contributed by atoms with Gasteiger partial charge in [0.25, 0.3) is 0 Å². The van der Waals surface area contributed by atoms with Gasteiger partial charge in [-0.1, -0.05) is 6.07 Å². The highest BCUT2D eigenvalue weighted by molar-refractivity contribution is 5.94. The largest absolute Gasteiger partial charge is 0.462 e. The fourth-order valence-corrected chi connectivity index (χ4v) is 3.44. The summed E-state index contributed by atoms with van der Waals surface area (Å²) in [6, 6.07) is 3.71. The highest BCUT2D eigenvalue weighted by Crippen LogP contribution is 2.26. The van der Waals surface area contributed by atoms with Crippen LogP contribution < -0.4 is 0 Å². The summed E-state index contributed by atoms with van der Waals surface area (Å²) in [4.78, 5) is 28.6. The number of halogens is 1. The van der Waals surface area contributed by atoms with E-state index in [1.54, 1.807) is 24.0 Å². The molecule has 1 aliphatic heterocycles. The van der Waals surface area contributed by atoms with Gasteiger partial charge in [0.15, 0.2) is 5.78 Å². The molecule has 8 heteroatoms. The number of carbonyl (C=O) groups excluding carboxylic acids is 2. The Balaban J connectivity index is 1.46. The minimum Gasteiger partial charge on any atom is -0.462 e. The Morgan fingerprint density at radius 1 is 1.33 bits per heavy atom. The van der Waals surface area contributed by atoms with Crippen LogP contribution in [-0.4, -0.2) is 46.3 Å². The van der Waals surface area contributed by atoms with Crippen molar-refractivity contribution < 1.29 is 23.5 Å². The van der Waals surface area contributed by atoms with Crippen LogP contribution in [0.4, 0.5) is 4.39 Å². The summed E-state index contributed by atoms with van der Waals surface area (Å²) in [5, 5.41) is 4.57. The first-order valence-electron chi connectivity index (χ1n) is 9.88. The Labute approximate surface area is 173 Å². The molecule has 0 spiro atoms. The molecule has 0 radical (unpaired) electrons. The van der Waals surface area contributed by atoms with Crippen LogP contribution in [-0.2, 0) is 27.2 Å². The lowest BCUT2D eigenvalue weighted by Crippen LogP contribution is -2.27. The summed E-state index contributed by atoms with van der Waals surface area (Å²) in [7, 11) is 0. The molecule has 1 atom stereocenters. The van der Waals surface area contributed by atoms with E-state index in [9.17, 15) is 14.0 Å². The smallest absolute Gasteiger partial charge is 0.341 e. The van der Waals surface area contributed by atoms with Crippen molar-refractivity contribution in [1.82, 2.24) is 14.8 Å². The van der Waals surface area contributed by atoms with E-state index in [4.69, 9.17) is 9.47 Å². The Bertz CT molecular complexity index is 1010. The van der Waals surface area contributed by atoms with E-state index in [2.05, 4.69) is 10.1 Å². The average molecular weight is 411 g/mol. The van der Waals surface area contributed by atoms with Crippen molar-refractivity contribution in [3.05, 3.63) is 71.1 Å². The van der Waals surface area contributed by atoms with Gasteiger partial charge < -0.3 is 9.47 Å². The van der Waals surface area contributed by atoms with Gasteiger partial charge in [0, 0.05) is 30.4 Å². The normalized spacial score (nSPS) is 18.8. The van der Waals surface area contributed by atoms with Crippen LogP contribution in [0.3, 0.4) is 0 Å². The molecule has 0 bridgehead atoms. The standard InChI is InChI=1S/C22H22FN3O4/c1-2-30-22(28)19-11-26(25-21(19)16-12-29-13-16)10-14-3-5-18(24-9-14)8-15-7-17(23)4-6-20(15)27/h3-7,9,11,15-16H,2,8,10,12-13H2,1H3. The van der Waals surface area contributed by atoms with E-state index in [1.165, 1.54) is 18.2 Å². The first-order chi connectivity index (χ1) is 14.5. The number of esters is 1. The summed E-state index contributed by atoms with van der Waals surface area (Å²) in [5.74, 6) is -1.34. The number of pyridine rings is 1. The number of ether oxygens (including phenoxy) is 2. The van der Waals surface area contributed by atoms with Gasteiger partial charge in [-0.05, 0) is 36.8 Å². The molecule has 2 aromatic rings. The lowest BCUT2D eigenvalue weighted by Gasteiger charge is -2.24. The monoisotopic (exact) mass is 411 g/mol. The van der Waals surface area contributed by atoms with Gasteiger partial charge in [0.1, 0.15) is 11.4 Å². The maximum absolute atomic E-state index is 13.4. The summed E-state index contributed by atoms with van der Waals surface area (Å²) in [5.41, 5.74) is 2.76. The minimum absolute atomic E-state index is 0.0988. The number of hydrogen-bond donors (Lipinski definition) is 0. The first-order valence-corrected chi connectivity index (χ1v) is 9.88. The lowest BCUT2D eigenvalue weighted by molar-refractivity contribution is -0.117. The van der Waals surface area contributed by atoms with Crippen LogP contribution in [0.1, 0.15) is 40.2 Å². The molecule has 3 heterocycles. The number of allylic oxidation sites excluding steroid dienone is 4. The maximum atomic E-state index is 13.4. The van der Waals surface area contributed by atoms with E-state index in [0.29, 0.717) is 49.7 Å². The zero-order valence-electron chi connectivity index (χ0n) is 16.6. The SMILES string of the molecule is CCOC(=O)c1cn(Cc2ccc(CC3C=C(F)C=CC3=O)nc2)nc1C1COC1. The molecule has 1 unspecified atom stereocenters. The molecule has 1 aliphatic carbocycles. The molecule has 2 aliphatic rings. The number of nitrogens with zero attached hydrogens (tertiary/aromatic N) is 3. The third-order valence-corrected chi connectivity index (χ3v) is 5.10. The number of rotatable bonds is 7. The van der Waals surface area contributed by atoms with Crippen molar-refractivity contribution in [3.8, 4) is 0 Å². The highest BCUT2D eigenvalue weighted by atomic mass is 19.1. The van der Waals surface area contributed by atoms with Gasteiger partial charge >= 0.3 is 5.97 Å². The summed E-state index contributed by atoms with van der Waals surface area (Å²) in [6.07, 6.45) is 7.50. The van der Waals surface area contributed by atoms with Gasteiger partial charge in [0.2, 0.25) is 0 Å². The number of hydrogen-bond acceptors (Lipinski definition) is 6. The Hall–Kier alpha value is -3.13. The van der Waals surface area contributed by atoms with Crippen LogP contribution in [0.5, 0.6) is 0 Å².